The summed E-state index contributed by atoms with van der Waals surface area (Å²) < 4.78 is 0. The van der Waals surface area contributed by atoms with E-state index < -0.39 is 0 Å². The van der Waals surface area contributed by atoms with Crippen molar-refractivity contribution in [3.8, 4) is 5.75 Å². The van der Waals surface area contributed by atoms with Crippen molar-refractivity contribution in [3.63, 3.8) is 0 Å². The first-order valence-electron chi connectivity index (χ1n) is 6.21. The number of hydrogen-bond acceptors (Lipinski definition) is 6. The largest absolute Gasteiger partial charge is 0.508 e. The van der Waals surface area contributed by atoms with Crippen LogP contribution in [0.25, 0.3) is 11.2 Å². The normalized spacial score (nSPS) is 10.8. The predicted molar refractivity (Wildman–Crippen MR) is 75.1 cm³/mol. The van der Waals surface area contributed by atoms with Gasteiger partial charge in [-0.25, -0.2) is 19.9 Å². The maximum atomic E-state index is 9.32. The van der Waals surface area contributed by atoms with E-state index in [1.807, 2.05) is 6.07 Å². The zero-order valence-electron chi connectivity index (χ0n) is 10.7. The molecule has 0 radical (unpaired) electrons. The highest BCUT2D eigenvalue weighted by atomic mass is 16.3. The van der Waals surface area contributed by atoms with E-state index in [0.29, 0.717) is 23.3 Å². The molecule has 3 N–H and O–H groups in total. The van der Waals surface area contributed by atoms with Crippen LogP contribution < -0.4 is 5.73 Å². The van der Waals surface area contributed by atoms with Gasteiger partial charge < -0.3 is 10.8 Å². The Morgan fingerprint density at radius 3 is 2.85 bits per heavy atom. The van der Waals surface area contributed by atoms with Gasteiger partial charge in [-0.15, -0.1) is 0 Å². The van der Waals surface area contributed by atoms with Crippen LogP contribution in [0, 0.1) is 0 Å². The molecule has 0 amide bonds. The summed E-state index contributed by atoms with van der Waals surface area (Å²) in [6.45, 7) is 0. The molecule has 0 aliphatic heterocycles. The number of anilines is 1. The molecular weight excluding hydrogens is 254 g/mol. The Kier molecular flexibility index (Phi) is 3.12. The van der Waals surface area contributed by atoms with Gasteiger partial charge in [0.2, 0.25) is 0 Å². The van der Waals surface area contributed by atoms with Gasteiger partial charge in [0, 0.05) is 11.8 Å². The molecule has 0 aliphatic rings. The number of rotatable bonds is 3. The molecule has 20 heavy (non-hydrogen) atoms. The minimum absolute atomic E-state index is 0.175. The average Bonchev–Trinajstić information content (AvgIpc) is 2.46. The number of aryl methyl sites for hydroxylation is 2. The molecule has 6 heteroatoms. The molecule has 0 saturated carbocycles. The molecule has 0 atom stereocenters. The number of nitrogens with two attached hydrogens (primary N) is 1. The number of aromatic hydroxyl groups is 1. The molecule has 0 fully saturated rings. The van der Waals surface area contributed by atoms with Crippen LogP contribution >= 0.6 is 0 Å². The molecule has 0 saturated heterocycles. The smallest absolute Gasteiger partial charge is 0.181 e. The Morgan fingerprint density at radius 2 is 2.00 bits per heavy atom. The van der Waals surface area contributed by atoms with Crippen molar-refractivity contribution in [2.45, 2.75) is 12.8 Å². The number of phenols is 1. The van der Waals surface area contributed by atoms with Crippen molar-refractivity contribution in [2.75, 3.05) is 5.73 Å². The number of phenolic OH excluding ortho intramolecular Hbond substituents is 1. The van der Waals surface area contributed by atoms with Crippen molar-refractivity contribution in [1.82, 2.24) is 19.9 Å². The van der Waals surface area contributed by atoms with Crippen molar-refractivity contribution >= 4 is 16.9 Å². The number of fused-ring (bicyclic) bond motifs is 1. The number of benzene rings is 1. The molecule has 3 rings (SSSR count). The standard InChI is InChI=1S/C14H13N5O/c15-12-5-11(20)4-2-9(12)1-3-10-6-17-14-13(19-10)7-16-8-18-14/h2,4-8,20H,1,3,15H2. The third-order valence-corrected chi connectivity index (χ3v) is 3.05. The maximum absolute atomic E-state index is 9.32. The Labute approximate surface area is 115 Å². The highest BCUT2D eigenvalue weighted by molar-refractivity contribution is 5.67. The summed E-state index contributed by atoms with van der Waals surface area (Å²) in [5, 5.41) is 9.32. The molecule has 100 valence electrons. The molecule has 0 aliphatic carbocycles. The molecule has 0 bridgehead atoms. The number of aromatic nitrogens is 4. The van der Waals surface area contributed by atoms with E-state index in [4.69, 9.17) is 5.73 Å². The topological polar surface area (TPSA) is 97.8 Å². The van der Waals surface area contributed by atoms with E-state index in [0.717, 1.165) is 17.7 Å². The van der Waals surface area contributed by atoms with Gasteiger partial charge in [0.1, 0.15) is 17.6 Å². The van der Waals surface area contributed by atoms with Gasteiger partial charge in [-0.2, -0.15) is 0 Å². The van der Waals surface area contributed by atoms with Gasteiger partial charge in [0.25, 0.3) is 0 Å². The lowest BCUT2D eigenvalue weighted by molar-refractivity contribution is 0.475. The molecule has 0 unspecified atom stereocenters. The summed E-state index contributed by atoms with van der Waals surface area (Å²) in [7, 11) is 0. The predicted octanol–water partition coefficient (Wildman–Crippen LogP) is 1.49. The monoisotopic (exact) mass is 267 g/mol. The highest BCUT2D eigenvalue weighted by Crippen LogP contribution is 2.20. The van der Waals surface area contributed by atoms with E-state index in [1.54, 1.807) is 24.5 Å². The first kappa shape index (κ1) is 12.3. The molecular formula is C14H13N5O. The molecule has 2 heterocycles. The molecule has 0 spiro atoms. The Hall–Kier alpha value is -2.76. The van der Waals surface area contributed by atoms with Crippen LogP contribution in [0.4, 0.5) is 5.69 Å². The van der Waals surface area contributed by atoms with Gasteiger partial charge in [-0.1, -0.05) is 6.07 Å². The second-order valence-electron chi connectivity index (χ2n) is 4.48. The van der Waals surface area contributed by atoms with Crippen LogP contribution in [0.1, 0.15) is 11.3 Å². The zero-order chi connectivity index (χ0) is 13.9. The van der Waals surface area contributed by atoms with Crippen LogP contribution in [0.15, 0.2) is 36.9 Å². The van der Waals surface area contributed by atoms with Gasteiger partial charge >= 0.3 is 0 Å². The van der Waals surface area contributed by atoms with Crippen molar-refractivity contribution in [2.24, 2.45) is 0 Å². The third-order valence-electron chi connectivity index (χ3n) is 3.05. The third kappa shape index (κ3) is 2.49. The molecule has 3 aromatic rings. The SMILES string of the molecule is Nc1cc(O)ccc1CCc1cnc2ncncc2n1. The zero-order valence-corrected chi connectivity index (χ0v) is 10.7. The van der Waals surface area contributed by atoms with E-state index >= 15 is 0 Å². The van der Waals surface area contributed by atoms with Crippen molar-refractivity contribution < 1.29 is 5.11 Å². The fraction of sp³-hybridized carbons (Fsp3) is 0.143. The van der Waals surface area contributed by atoms with Gasteiger partial charge in [-0.05, 0) is 24.5 Å². The van der Waals surface area contributed by atoms with Crippen LogP contribution in [0.5, 0.6) is 5.75 Å². The fourth-order valence-corrected chi connectivity index (χ4v) is 2.01. The summed E-state index contributed by atoms with van der Waals surface area (Å²) >= 11 is 0. The molecule has 2 aromatic heterocycles. The lowest BCUT2D eigenvalue weighted by atomic mass is 10.1. The first-order valence-corrected chi connectivity index (χ1v) is 6.21. The highest BCUT2D eigenvalue weighted by Gasteiger charge is 2.04. The summed E-state index contributed by atoms with van der Waals surface area (Å²) in [5.41, 5.74) is 9.56. The van der Waals surface area contributed by atoms with Crippen molar-refractivity contribution in [3.05, 3.63) is 48.2 Å². The maximum Gasteiger partial charge on any atom is 0.181 e. The first-order chi connectivity index (χ1) is 9.72. The lowest BCUT2D eigenvalue weighted by Crippen LogP contribution is -2.00. The fourth-order valence-electron chi connectivity index (χ4n) is 2.01. The second-order valence-corrected chi connectivity index (χ2v) is 4.48. The summed E-state index contributed by atoms with van der Waals surface area (Å²) in [6, 6.07) is 5.00. The van der Waals surface area contributed by atoms with E-state index in [9.17, 15) is 5.11 Å². The van der Waals surface area contributed by atoms with E-state index in [-0.39, 0.29) is 5.75 Å². The second kappa shape index (κ2) is 5.08. The average molecular weight is 267 g/mol. The number of nitrogens with zero attached hydrogens (tertiary/aromatic N) is 4. The van der Waals surface area contributed by atoms with Gasteiger partial charge in [-0.3, -0.25) is 0 Å². The molecule has 6 nitrogen and oxygen atoms in total. The van der Waals surface area contributed by atoms with E-state index in [2.05, 4.69) is 19.9 Å². The summed E-state index contributed by atoms with van der Waals surface area (Å²) in [5.74, 6) is 0.175. The Bertz CT molecular complexity index is 759. The quantitative estimate of drug-likeness (QED) is 0.698. The van der Waals surface area contributed by atoms with Crippen LogP contribution in [-0.2, 0) is 12.8 Å². The summed E-state index contributed by atoms with van der Waals surface area (Å²) in [4.78, 5) is 16.7. The van der Waals surface area contributed by atoms with Crippen LogP contribution in [-0.4, -0.2) is 25.0 Å². The lowest BCUT2D eigenvalue weighted by Gasteiger charge is -2.06. The van der Waals surface area contributed by atoms with Gasteiger partial charge in [0.15, 0.2) is 5.65 Å². The molecule has 1 aromatic carbocycles. The van der Waals surface area contributed by atoms with E-state index in [1.165, 1.54) is 6.33 Å². The van der Waals surface area contributed by atoms with Crippen LogP contribution in [0.3, 0.4) is 0 Å². The van der Waals surface area contributed by atoms with Crippen molar-refractivity contribution in [1.29, 1.82) is 0 Å². The Morgan fingerprint density at radius 1 is 1.10 bits per heavy atom. The van der Waals surface area contributed by atoms with Crippen LogP contribution in [0.2, 0.25) is 0 Å². The minimum Gasteiger partial charge on any atom is -0.508 e. The number of hydrogen-bond donors (Lipinski definition) is 2. The number of nitrogen functional groups attached to an aromatic ring is 1. The summed E-state index contributed by atoms with van der Waals surface area (Å²) in [6.07, 6.45) is 6.26. The van der Waals surface area contributed by atoms with Gasteiger partial charge in [0.05, 0.1) is 18.1 Å². The Balaban J connectivity index is 1.79. The minimum atomic E-state index is 0.175.